The third-order valence-corrected chi connectivity index (χ3v) is 3.30. The summed E-state index contributed by atoms with van der Waals surface area (Å²) in [6, 6.07) is 7.19. The number of nitrogens with zero attached hydrogens (tertiary/aromatic N) is 1. The molecular weight excluding hydrogens is 252 g/mol. The molecule has 3 nitrogen and oxygen atoms in total. The van der Waals surface area contributed by atoms with Crippen LogP contribution < -0.4 is 4.74 Å². The SMILES string of the molecule is CC1(CO)CN(Cc2ccc(OCC(F)F)cc2)C1. The number of alkyl halides is 2. The van der Waals surface area contributed by atoms with Crippen molar-refractivity contribution in [2.45, 2.75) is 19.9 Å². The summed E-state index contributed by atoms with van der Waals surface area (Å²) in [4.78, 5) is 2.24. The fraction of sp³-hybridized carbons (Fsp3) is 0.571. The van der Waals surface area contributed by atoms with Crippen LogP contribution in [0.25, 0.3) is 0 Å². The van der Waals surface area contributed by atoms with Gasteiger partial charge in [0, 0.05) is 25.0 Å². The van der Waals surface area contributed by atoms with Gasteiger partial charge in [-0.15, -0.1) is 0 Å². The van der Waals surface area contributed by atoms with Crippen molar-refractivity contribution in [1.82, 2.24) is 4.90 Å². The lowest BCUT2D eigenvalue weighted by atomic mass is 9.83. The van der Waals surface area contributed by atoms with E-state index in [0.717, 1.165) is 25.2 Å². The van der Waals surface area contributed by atoms with Crippen LogP contribution in [0.2, 0.25) is 0 Å². The molecule has 1 aromatic carbocycles. The molecule has 0 atom stereocenters. The van der Waals surface area contributed by atoms with Crippen molar-refractivity contribution in [2.24, 2.45) is 5.41 Å². The number of rotatable bonds is 6. The quantitative estimate of drug-likeness (QED) is 0.860. The molecule has 0 bridgehead atoms. The Morgan fingerprint density at radius 3 is 2.47 bits per heavy atom. The average molecular weight is 271 g/mol. The van der Waals surface area contributed by atoms with Gasteiger partial charge in [0.2, 0.25) is 0 Å². The number of hydrogen-bond donors (Lipinski definition) is 1. The highest BCUT2D eigenvalue weighted by molar-refractivity contribution is 5.27. The monoisotopic (exact) mass is 271 g/mol. The van der Waals surface area contributed by atoms with Crippen LogP contribution in [0.1, 0.15) is 12.5 Å². The summed E-state index contributed by atoms with van der Waals surface area (Å²) in [6.07, 6.45) is -2.45. The van der Waals surface area contributed by atoms with E-state index >= 15 is 0 Å². The lowest BCUT2D eigenvalue weighted by Gasteiger charge is -2.47. The van der Waals surface area contributed by atoms with E-state index in [9.17, 15) is 8.78 Å². The highest BCUT2D eigenvalue weighted by Crippen LogP contribution is 2.30. The van der Waals surface area contributed by atoms with Gasteiger partial charge in [-0.3, -0.25) is 4.90 Å². The summed E-state index contributed by atoms with van der Waals surface area (Å²) in [5.74, 6) is 0.466. The van der Waals surface area contributed by atoms with E-state index in [1.807, 2.05) is 12.1 Å². The highest BCUT2D eigenvalue weighted by atomic mass is 19.3. The van der Waals surface area contributed by atoms with Gasteiger partial charge in [0.15, 0.2) is 0 Å². The molecule has 19 heavy (non-hydrogen) atoms. The molecule has 1 aliphatic heterocycles. The summed E-state index contributed by atoms with van der Waals surface area (Å²) < 4.78 is 28.9. The van der Waals surface area contributed by atoms with Gasteiger partial charge >= 0.3 is 0 Å². The van der Waals surface area contributed by atoms with E-state index in [1.165, 1.54) is 0 Å². The van der Waals surface area contributed by atoms with Gasteiger partial charge in [-0.25, -0.2) is 8.78 Å². The Morgan fingerprint density at radius 1 is 1.32 bits per heavy atom. The molecule has 1 fully saturated rings. The third-order valence-electron chi connectivity index (χ3n) is 3.30. The van der Waals surface area contributed by atoms with Gasteiger partial charge < -0.3 is 9.84 Å². The van der Waals surface area contributed by atoms with E-state index in [2.05, 4.69) is 11.8 Å². The van der Waals surface area contributed by atoms with E-state index in [0.29, 0.717) is 5.75 Å². The molecule has 2 rings (SSSR count). The Labute approximate surface area is 111 Å². The number of benzene rings is 1. The zero-order valence-electron chi connectivity index (χ0n) is 11.0. The minimum Gasteiger partial charge on any atom is -0.488 e. The number of aliphatic hydroxyl groups excluding tert-OH is 1. The molecule has 1 aliphatic rings. The fourth-order valence-electron chi connectivity index (χ4n) is 2.35. The third kappa shape index (κ3) is 3.88. The fourth-order valence-corrected chi connectivity index (χ4v) is 2.35. The highest BCUT2D eigenvalue weighted by Gasteiger charge is 2.37. The molecule has 5 heteroatoms. The van der Waals surface area contributed by atoms with E-state index in [-0.39, 0.29) is 12.0 Å². The van der Waals surface area contributed by atoms with Crippen LogP contribution in [0.15, 0.2) is 24.3 Å². The number of halogens is 2. The first-order valence-corrected chi connectivity index (χ1v) is 6.34. The molecule has 0 unspecified atom stereocenters. The van der Waals surface area contributed by atoms with E-state index < -0.39 is 13.0 Å². The van der Waals surface area contributed by atoms with Gasteiger partial charge in [-0.1, -0.05) is 19.1 Å². The normalized spacial score (nSPS) is 18.4. The lowest BCUT2D eigenvalue weighted by Crippen LogP contribution is -2.55. The number of hydrogen-bond acceptors (Lipinski definition) is 3. The zero-order valence-corrected chi connectivity index (χ0v) is 11.0. The minimum absolute atomic E-state index is 0.0281. The predicted molar refractivity (Wildman–Crippen MR) is 68.4 cm³/mol. The molecule has 0 radical (unpaired) electrons. The van der Waals surface area contributed by atoms with Gasteiger partial charge in [0.25, 0.3) is 6.43 Å². The maximum Gasteiger partial charge on any atom is 0.272 e. The van der Waals surface area contributed by atoms with E-state index in [1.54, 1.807) is 12.1 Å². The average Bonchev–Trinajstić information content (AvgIpc) is 2.35. The maximum absolute atomic E-state index is 12.0. The number of likely N-dealkylation sites (tertiary alicyclic amines) is 1. The second-order valence-corrected chi connectivity index (χ2v) is 5.46. The second-order valence-electron chi connectivity index (χ2n) is 5.46. The van der Waals surface area contributed by atoms with E-state index in [4.69, 9.17) is 9.84 Å². The molecule has 0 amide bonds. The summed E-state index contributed by atoms with van der Waals surface area (Å²) in [5.41, 5.74) is 1.14. The molecule has 0 spiro atoms. The topological polar surface area (TPSA) is 32.7 Å². The van der Waals surface area contributed by atoms with Crippen molar-refractivity contribution in [3.05, 3.63) is 29.8 Å². The summed E-state index contributed by atoms with van der Waals surface area (Å²) in [5, 5.41) is 9.16. The number of ether oxygens (including phenoxy) is 1. The summed E-state index contributed by atoms with van der Waals surface area (Å²) >= 11 is 0. The van der Waals surface area contributed by atoms with Crippen LogP contribution in [0.3, 0.4) is 0 Å². The van der Waals surface area contributed by atoms with Gasteiger partial charge in [-0.2, -0.15) is 0 Å². The Morgan fingerprint density at radius 2 is 1.95 bits per heavy atom. The Kier molecular flexibility index (Phi) is 4.37. The smallest absolute Gasteiger partial charge is 0.272 e. The Bertz CT molecular complexity index is 402. The minimum atomic E-state index is -2.45. The predicted octanol–water partition coefficient (Wildman–Crippen LogP) is 2.14. The van der Waals surface area contributed by atoms with Crippen molar-refractivity contribution in [2.75, 3.05) is 26.3 Å². The number of aliphatic hydroxyl groups is 1. The van der Waals surface area contributed by atoms with Gasteiger partial charge in [0.05, 0.1) is 6.61 Å². The molecule has 0 aromatic heterocycles. The van der Waals surface area contributed by atoms with Crippen molar-refractivity contribution in [3.63, 3.8) is 0 Å². The Balaban J connectivity index is 1.80. The van der Waals surface area contributed by atoms with Crippen molar-refractivity contribution >= 4 is 0 Å². The van der Waals surface area contributed by atoms with Crippen molar-refractivity contribution < 1.29 is 18.6 Å². The van der Waals surface area contributed by atoms with Gasteiger partial charge in [-0.05, 0) is 17.7 Å². The Hall–Kier alpha value is -1.20. The molecular formula is C14H19F2NO2. The van der Waals surface area contributed by atoms with Crippen molar-refractivity contribution in [3.8, 4) is 5.75 Å². The molecule has 1 N–H and O–H groups in total. The first kappa shape index (κ1) is 14.2. The molecule has 1 saturated heterocycles. The van der Waals surface area contributed by atoms with Crippen LogP contribution >= 0.6 is 0 Å². The maximum atomic E-state index is 12.0. The molecule has 1 heterocycles. The largest absolute Gasteiger partial charge is 0.488 e. The van der Waals surface area contributed by atoms with Crippen LogP contribution in [0.5, 0.6) is 5.75 Å². The zero-order chi connectivity index (χ0) is 13.9. The van der Waals surface area contributed by atoms with Crippen LogP contribution in [-0.2, 0) is 6.54 Å². The van der Waals surface area contributed by atoms with Crippen LogP contribution in [0, 0.1) is 5.41 Å². The van der Waals surface area contributed by atoms with Crippen LogP contribution in [0.4, 0.5) is 8.78 Å². The lowest BCUT2D eigenvalue weighted by molar-refractivity contribution is -0.0319. The first-order chi connectivity index (χ1) is 9.00. The first-order valence-electron chi connectivity index (χ1n) is 6.34. The standard InChI is InChI=1S/C14H19F2NO2/c1-14(10-18)8-17(9-14)6-11-2-4-12(5-3-11)19-7-13(15)16/h2-5,13,18H,6-10H2,1H3. The second kappa shape index (κ2) is 5.84. The summed E-state index contributed by atoms with van der Waals surface area (Å²) in [7, 11) is 0. The summed E-state index contributed by atoms with van der Waals surface area (Å²) in [6.45, 7) is 4.28. The molecule has 0 aliphatic carbocycles. The van der Waals surface area contributed by atoms with Gasteiger partial charge in [0.1, 0.15) is 12.4 Å². The van der Waals surface area contributed by atoms with Crippen LogP contribution in [-0.4, -0.2) is 42.7 Å². The molecule has 0 saturated carbocycles. The molecule has 1 aromatic rings. The van der Waals surface area contributed by atoms with Crippen molar-refractivity contribution in [1.29, 1.82) is 0 Å². The molecule has 106 valence electrons.